The summed E-state index contributed by atoms with van der Waals surface area (Å²) in [7, 11) is 0. The van der Waals surface area contributed by atoms with Gasteiger partial charge in [0.15, 0.2) is 0 Å². The number of carbonyl (C=O) groups excluding carboxylic acids is 3. The van der Waals surface area contributed by atoms with Gasteiger partial charge in [-0.15, -0.1) is 11.8 Å². The summed E-state index contributed by atoms with van der Waals surface area (Å²) < 4.78 is 0. The molecule has 7 nitrogen and oxygen atoms in total. The monoisotopic (exact) mass is 438 g/mol. The molecule has 0 aliphatic carbocycles. The lowest BCUT2D eigenvalue weighted by Gasteiger charge is -2.31. The zero-order chi connectivity index (χ0) is 21.8. The van der Waals surface area contributed by atoms with Crippen LogP contribution in [0.4, 0.5) is 11.4 Å². The second-order valence-electron chi connectivity index (χ2n) is 7.99. The highest BCUT2D eigenvalue weighted by Gasteiger charge is 2.23. The average molecular weight is 439 g/mol. The fraction of sp³-hybridized carbons (Fsp3) is 0.348. The Morgan fingerprint density at radius 2 is 2.00 bits per heavy atom. The van der Waals surface area contributed by atoms with Gasteiger partial charge in [0, 0.05) is 41.4 Å². The van der Waals surface area contributed by atoms with Gasteiger partial charge in [-0.3, -0.25) is 19.3 Å². The van der Waals surface area contributed by atoms with Crippen molar-refractivity contribution in [2.45, 2.75) is 30.7 Å². The van der Waals surface area contributed by atoms with Crippen molar-refractivity contribution in [2.24, 2.45) is 11.7 Å². The molecule has 2 aromatic rings. The molecule has 1 unspecified atom stereocenters. The van der Waals surface area contributed by atoms with Crippen LogP contribution in [-0.4, -0.2) is 41.5 Å². The number of rotatable bonds is 5. The average Bonchev–Trinajstić information content (AvgIpc) is 2.95. The molecule has 0 saturated carbocycles. The van der Waals surface area contributed by atoms with Crippen molar-refractivity contribution in [1.82, 2.24) is 4.90 Å². The van der Waals surface area contributed by atoms with Gasteiger partial charge in [-0.1, -0.05) is 12.1 Å². The first kappa shape index (κ1) is 21.4. The van der Waals surface area contributed by atoms with E-state index in [4.69, 9.17) is 5.73 Å². The number of primary amides is 1. The van der Waals surface area contributed by atoms with Crippen LogP contribution in [0.1, 0.15) is 35.2 Å². The first-order valence-electron chi connectivity index (χ1n) is 10.5. The molecule has 3 amide bonds. The summed E-state index contributed by atoms with van der Waals surface area (Å²) in [5.41, 5.74) is 8.47. The molecular weight excluding hydrogens is 412 g/mol. The van der Waals surface area contributed by atoms with E-state index in [0.717, 1.165) is 42.1 Å². The molecule has 1 saturated heterocycles. The molecule has 1 fully saturated rings. The number of carbonyl (C=O) groups is 3. The van der Waals surface area contributed by atoms with Crippen molar-refractivity contribution in [3.05, 3.63) is 53.6 Å². The number of likely N-dealkylation sites (tertiary alicyclic amines) is 1. The number of anilines is 2. The van der Waals surface area contributed by atoms with Crippen molar-refractivity contribution in [1.29, 1.82) is 0 Å². The molecule has 1 atom stereocenters. The minimum atomic E-state index is -0.223. The van der Waals surface area contributed by atoms with Crippen molar-refractivity contribution in [3.8, 4) is 0 Å². The maximum absolute atomic E-state index is 12.7. The molecule has 0 bridgehead atoms. The van der Waals surface area contributed by atoms with E-state index in [2.05, 4.69) is 15.5 Å². The van der Waals surface area contributed by atoms with Crippen LogP contribution in [0.2, 0.25) is 0 Å². The number of nitrogens with zero attached hydrogens (tertiary/aromatic N) is 1. The van der Waals surface area contributed by atoms with Crippen LogP contribution in [-0.2, 0) is 16.1 Å². The lowest BCUT2D eigenvalue weighted by Crippen LogP contribution is -2.40. The van der Waals surface area contributed by atoms with E-state index in [-0.39, 0.29) is 23.6 Å². The van der Waals surface area contributed by atoms with E-state index in [1.807, 2.05) is 30.3 Å². The molecule has 162 valence electrons. The predicted molar refractivity (Wildman–Crippen MR) is 122 cm³/mol. The Hall–Kier alpha value is -2.84. The predicted octanol–water partition coefficient (Wildman–Crippen LogP) is 3.07. The van der Waals surface area contributed by atoms with Crippen LogP contribution in [0, 0.1) is 5.92 Å². The summed E-state index contributed by atoms with van der Waals surface area (Å²) in [4.78, 5) is 39.2. The SMILES string of the molecule is NC(=O)C1CCCN(Cc2ccc(NC(=O)c3ccc4c(c3)NC(=O)CCS4)cc2)C1. The molecule has 2 heterocycles. The zero-order valence-electron chi connectivity index (χ0n) is 17.2. The normalized spacial score (nSPS) is 19.1. The van der Waals surface area contributed by atoms with Gasteiger partial charge in [0.05, 0.1) is 11.6 Å². The van der Waals surface area contributed by atoms with Crippen LogP contribution < -0.4 is 16.4 Å². The number of piperidine rings is 1. The van der Waals surface area contributed by atoms with Crippen molar-refractivity contribution >= 4 is 40.9 Å². The molecule has 4 N–H and O–H groups in total. The molecular formula is C23H26N4O3S. The first-order valence-corrected chi connectivity index (χ1v) is 11.4. The molecule has 2 aliphatic heterocycles. The van der Waals surface area contributed by atoms with Crippen LogP contribution in [0.25, 0.3) is 0 Å². The zero-order valence-corrected chi connectivity index (χ0v) is 18.0. The van der Waals surface area contributed by atoms with Gasteiger partial charge in [-0.25, -0.2) is 0 Å². The maximum atomic E-state index is 12.7. The number of nitrogens with two attached hydrogens (primary N) is 1. The Kier molecular flexibility index (Phi) is 6.58. The van der Waals surface area contributed by atoms with Gasteiger partial charge >= 0.3 is 0 Å². The van der Waals surface area contributed by atoms with Gasteiger partial charge in [0.1, 0.15) is 0 Å². The second kappa shape index (κ2) is 9.53. The maximum Gasteiger partial charge on any atom is 0.255 e. The first-order chi connectivity index (χ1) is 15.0. The minimum absolute atomic E-state index is 0.0322. The molecule has 0 spiro atoms. The Balaban J connectivity index is 1.37. The van der Waals surface area contributed by atoms with Crippen LogP contribution in [0.5, 0.6) is 0 Å². The standard InChI is InChI=1S/C23H26N4O3S/c24-22(29)17-2-1-10-27(14-17)13-15-3-6-18(7-4-15)25-23(30)16-5-8-20-19(12-16)26-21(28)9-11-31-20/h3-8,12,17H,1-2,9-11,13-14H2,(H2,24,29)(H,25,30)(H,26,28). The lowest BCUT2D eigenvalue weighted by molar-refractivity contribution is -0.123. The number of fused-ring (bicyclic) bond motifs is 1. The van der Waals surface area contributed by atoms with E-state index in [1.165, 1.54) is 0 Å². The van der Waals surface area contributed by atoms with Crippen LogP contribution in [0.15, 0.2) is 47.4 Å². The quantitative estimate of drug-likeness (QED) is 0.666. The molecule has 2 aromatic carbocycles. The fourth-order valence-corrected chi connectivity index (χ4v) is 4.88. The highest BCUT2D eigenvalue weighted by atomic mass is 32.2. The smallest absolute Gasteiger partial charge is 0.255 e. The third-order valence-electron chi connectivity index (χ3n) is 5.63. The van der Waals surface area contributed by atoms with E-state index < -0.39 is 0 Å². The van der Waals surface area contributed by atoms with Crippen LogP contribution in [0.3, 0.4) is 0 Å². The van der Waals surface area contributed by atoms with Gasteiger partial charge < -0.3 is 16.4 Å². The Labute approximate surface area is 185 Å². The van der Waals surface area contributed by atoms with Gasteiger partial charge in [0.25, 0.3) is 5.91 Å². The van der Waals surface area contributed by atoms with Crippen LogP contribution >= 0.6 is 11.8 Å². The highest BCUT2D eigenvalue weighted by molar-refractivity contribution is 7.99. The summed E-state index contributed by atoms with van der Waals surface area (Å²) in [6, 6.07) is 13.1. The molecule has 4 rings (SSSR count). The summed E-state index contributed by atoms with van der Waals surface area (Å²) >= 11 is 1.61. The summed E-state index contributed by atoms with van der Waals surface area (Å²) in [5.74, 6) is 0.182. The van der Waals surface area contributed by atoms with Gasteiger partial charge in [-0.2, -0.15) is 0 Å². The van der Waals surface area contributed by atoms with E-state index in [1.54, 1.807) is 23.9 Å². The van der Waals surface area contributed by atoms with Gasteiger partial charge in [0.2, 0.25) is 11.8 Å². The second-order valence-corrected chi connectivity index (χ2v) is 9.12. The summed E-state index contributed by atoms with van der Waals surface area (Å²) in [6.45, 7) is 2.40. The third-order valence-corrected chi connectivity index (χ3v) is 6.70. The summed E-state index contributed by atoms with van der Waals surface area (Å²) in [6.07, 6.45) is 2.30. The Bertz CT molecular complexity index is 993. The highest BCUT2D eigenvalue weighted by Crippen LogP contribution is 2.31. The number of nitrogens with one attached hydrogen (secondary N) is 2. The topological polar surface area (TPSA) is 105 Å². The van der Waals surface area contributed by atoms with Crippen molar-refractivity contribution < 1.29 is 14.4 Å². The Morgan fingerprint density at radius 1 is 1.19 bits per heavy atom. The Morgan fingerprint density at radius 3 is 2.77 bits per heavy atom. The van der Waals surface area contributed by atoms with Crippen molar-refractivity contribution in [3.63, 3.8) is 0 Å². The largest absolute Gasteiger partial charge is 0.369 e. The number of amides is 3. The molecule has 31 heavy (non-hydrogen) atoms. The molecule has 0 aromatic heterocycles. The van der Waals surface area contributed by atoms with Gasteiger partial charge in [-0.05, 0) is 55.3 Å². The van der Waals surface area contributed by atoms with E-state index >= 15 is 0 Å². The third kappa shape index (κ3) is 5.45. The van der Waals surface area contributed by atoms with Crippen molar-refractivity contribution in [2.75, 3.05) is 29.5 Å². The number of hydrogen-bond donors (Lipinski definition) is 3. The molecule has 8 heteroatoms. The molecule has 2 aliphatic rings. The van der Waals surface area contributed by atoms with E-state index in [0.29, 0.717) is 29.9 Å². The van der Waals surface area contributed by atoms with E-state index in [9.17, 15) is 14.4 Å². The number of hydrogen-bond acceptors (Lipinski definition) is 5. The summed E-state index contributed by atoms with van der Waals surface area (Å²) in [5, 5.41) is 5.78. The molecule has 0 radical (unpaired) electrons. The fourth-order valence-electron chi connectivity index (χ4n) is 3.95. The number of benzene rings is 2. The minimum Gasteiger partial charge on any atom is -0.369 e. The lowest BCUT2D eigenvalue weighted by atomic mass is 9.97. The number of thioether (sulfide) groups is 1.